The van der Waals surface area contributed by atoms with Crippen LogP contribution in [0.1, 0.15) is 39.8 Å². The summed E-state index contributed by atoms with van der Waals surface area (Å²) < 4.78 is 6.94. The van der Waals surface area contributed by atoms with Crippen molar-refractivity contribution < 1.29 is 9.53 Å². The SMILES string of the molecule is COc1ccsc1C(=O)N1CCC[C@H]1c1c(C)nn(C)c1Cl. The molecule has 3 rings (SSSR count). The van der Waals surface area contributed by atoms with Crippen LogP contribution in [0.15, 0.2) is 11.4 Å². The molecule has 0 aliphatic carbocycles. The van der Waals surface area contributed by atoms with Crippen LogP contribution in [0.2, 0.25) is 5.15 Å². The van der Waals surface area contributed by atoms with Gasteiger partial charge in [0.15, 0.2) is 0 Å². The van der Waals surface area contributed by atoms with Crippen LogP contribution >= 0.6 is 22.9 Å². The van der Waals surface area contributed by atoms with Crippen LogP contribution in [0, 0.1) is 6.92 Å². The lowest BCUT2D eigenvalue weighted by Crippen LogP contribution is -2.30. The van der Waals surface area contributed by atoms with Gasteiger partial charge in [-0.1, -0.05) is 11.6 Å². The summed E-state index contributed by atoms with van der Waals surface area (Å²) >= 11 is 7.80. The maximum absolute atomic E-state index is 12.9. The summed E-state index contributed by atoms with van der Waals surface area (Å²) in [5.41, 5.74) is 1.85. The number of amides is 1. The molecule has 0 N–H and O–H groups in total. The molecule has 118 valence electrons. The number of ether oxygens (including phenoxy) is 1. The van der Waals surface area contributed by atoms with Crippen LogP contribution < -0.4 is 4.74 Å². The van der Waals surface area contributed by atoms with Crippen LogP contribution in [0.3, 0.4) is 0 Å². The number of hydrogen-bond donors (Lipinski definition) is 0. The molecule has 1 aliphatic rings. The molecular weight excluding hydrogens is 322 g/mol. The molecule has 5 nitrogen and oxygen atoms in total. The number of likely N-dealkylation sites (tertiary alicyclic amines) is 1. The summed E-state index contributed by atoms with van der Waals surface area (Å²) in [6.07, 6.45) is 1.88. The molecule has 2 aromatic heterocycles. The Hall–Kier alpha value is -1.53. The van der Waals surface area contributed by atoms with Gasteiger partial charge in [-0.2, -0.15) is 5.10 Å². The van der Waals surface area contributed by atoms with Gasteiger partial charge in [-0.3, -0.25) is 9.48 Å². The lowest BCUT2D eigenvalue weighted by Gasteiger charge is -2.24. The standard InChI is InChI=1S/C15H18ClN3O2S/c1-9-12(14(16)18(2)17-9)10-5-4-7-19(10)15(20)13-11(21-3)6-8-22-13/h6,8,10H,4-5,7H2,1-3H3/t10-/m0/s1. The Morgan fingerprint density at radius 3 is 2.95 bits per heavy atom. The first-order valence-electron chi connectivity index (χ1n) is 7.16. The van der Waals surface area contributed by atoms with E-state index in [0.29, 0.717) is 15.8 Å². The molecule has 1 aliphatic heterocycles. The third-order valence-electron chi connectivity index (χ3n) is 4.09. The van der Waals surface area contributed by atoms with Crippen LogP contribution in [0.5, 0.6) is 5.75 Å². The van der Waals surface area contributed by atoms with Gasteiger partial charge in [0, 0.05) is 19.2 Å². The Morgan fingerprint density at radius 2 is 2.32 bits per heavy atom. The van der Waals surface area contributed by atoms with Crippen molar-refractivity contribution in [3.63, 3.8) is 0 Å². The zero-order chi connectivity index (χ0) is 15.9. The van der Waals surface area contributed by atoms with Crippen molar-refractivity contribution in [2.45, 2.75) is 25.8 Å². The number of halogens is 1. The molecule has 1 saturated heterocycles. The van der Waals surface area contributed by atoms with E-state index in [0.717, 1.165) is 30.6 Å². The van der Waals surface area contributed by atoms with Gasteiger partial charge in [-0.05, 0) is 31.2 Å². The van der Waals surface area contributed by atoms with E-state index >= 15 is 0 Å². The molecule has 0 radical (unpaired) electrons. The third-order valence-corrected chi connectivity index (χ3v) is 5.42. The van der Waals surface area contributed by atoms with E-state index < -0.39 is 0 Å². The molecule has 0 spiro atoms. The van der Waals surface area contributed by atoms with Gasteiger partial charge in [0.1, 0.15) is 15.8 Å². The normalized spacial score (nSPS) is 18.0. The van der Waals surface area contributed by atoms with E-state index in [1.807, 2.05) is 30.3 Å². The molecule has 0 aromatic carbocycles. The van der Waals surface area contributed by atoms with Gasteiger partial charge in [0.05, 0.1) is 18.8 Å². The maximum atomic E-state index is 12.9. The number of rotatable bonds is 3. The first kappa shape index (κ1) is 15.4. The first-order chi connectivity index (χ1) is 10.5. The number of aromatic nitrogens is 2. The minimum Gasteiger partial charge on any atom is -0.495 e. The Kier molecular flexibility index (Phi) is 4.14. The van der Waals surface area contributed by atoms with Crippen molar-refractivity contribution in [3.8, 4) is 5.75 Å². The molecule has 0 saturated carbocycles. The third kappa shape index (κ3) is 2.40. The second kappa shape index (κ2) is 5.93. The zero-order valence-corrected chi connectivity index (χ0v) is 14.4. The highest BCUT2D eigenvalue weighted by molar-refractivity contribution is 7.12. The average molecular weight is 340 g/mol. The molecule has 1 amide bonds. The van der Waals surface area contributed by atoms with Crippen molar-refractivity contribution in [1.29, 1.82) is 0 Å². The number of methoxy groups -OCH3 is 1. The Bertz CT molecular complexity index is 710. The Balaban J connectivity index is 1.95. The zero-order valence-electron chi connectivity index (χ0n) is 12.8. The van der Waals surface area contributed by atoms with Crippen LogP contribution in [0.4, 0.5) is 0 Å². The topological polar surface area (TPSA) is 47.4 Å². The Labute approximate surface area is 138 Å². The second-order valence-corrected chi connectivity index (χ2v) is 6.66. The van der Waals surface area contributed by atoms with E-state index in [9.17, 15) is 4.79 Å². The smallest absolute Gasteiger partial charge is 0.268 e. The van der Waals surface area contributed by atoms with E-state index in [1.54, 1.807) is 11.8 Å². The lowest BCUT2D eigenvalue weighted by molar-refractivity contribution is 0.0737. The van der Waals surface area contributed by atoms with Gasteiger partial charge in [-0.25, -0.2) is 0 Å². The highest BCUT2D eigenvalue weighted by Gasteiger charge is 2.35. The Morgan fingerprint density at radius 1 is 1.55 bits per heavy atom. The first-order valence-corrected chi connectivity index (χ1v) is 8.41. The molecule has 1 fully saturated rings. The number of carbonyl (C=O) groups excluding carboxylic acids is 1. The monoisotopic (exact) mass is 339 g/mol. The quantitative estimate of drug-likeness (QED) is 0.860. The number of nitrogens with zero attached hydrogens (tertiary/aromatic N) is 3. The number of hydrogen-bond acceptors (Lipinski definition) is 4. The van der Waals surface area contributed by atoms with E-state index in [2.05, 4.69) is 5.10 Å². The van der Waals surface area contributed by atoms with E-state index in [1.165, 1.54) is 11.3 Å². The summed E-state index contributed by atoms with van der Waals surface area (Å²) in [5.74, 6) is 0.642. The molecule has 22 heavy (non-hydrogen) atoms. The van der Waals surface area contributed by atoms with Gasteiger partial charge < -0.3 is 9.64 Å². The summed E-state index contributed by atoms with van der Waals surface area (Å²) in [4.78, 5) is 15.4. The number of carbonyl (C=O) groups is 1. The number of aryl methyl sites for hydroxylation is 2. The summed E-state index contributed by atoms with van der Waals surface area (Å²) in [6.45, 7) is 2.67. The van der Waals surface area contributed by atoms with Gasteiger partial charge in [-0.15, -0.1) is 11.3 Å². The highest BCUT2D eigenvalue weighted by Crippen LogP contribution is 2.39. The molecule has 3 heterocycles. The van der Waals surface area contributed by atoms with Gasteiger partial charge >= 0.3 is 0 Å². The summed E-state index contributed by atoms with van der Waals surface area (Å²) in [7, 11) is 3.41. The van der Waals surface area contributed by atoms with Crippen molar-refractivity contribution >= 4 is 28.8 Å². The second-order valence-electron chi connectivity index (χ2n) is 5.39. The molecule has 0 unspecified atom stereocenters. The van der Waals surface area contributed by atoms with Crippen molar-refractivity contribution in [3.05, 3.63) is 32.7 Å². The average Bonchev–Trinajstić information content (AvgIpc) is 3.19. The number of thiophene rings is 1. The summed E-state index contributed by atoms with van der Waals surface area (Å²) in [6, 6.07) is 1.81. The minimum atomic E-state index is -0.0134. The fourth-order valence-corrected chi connectivity index (χ4v) is 4.19. The van der Waals surface area contributed by atoms with Crippen LogP contribution in [0.25, 0.3) is 0 Å². The largest absolute Gasteiger partial charge is 0.495 e. The predicted octanol–water partition coefficient (Wildman–Crippen LogP) is 3.43. The van der Waals surface area contributed by atoms with E-state index in [4.69, 9.17) is 16.3 Å². The van der Waals surface area contributed by atoms with Crippen molar-refractivity contribution in [1.82, 2.24) is 14.7 Å². The maximum Gasteiger partial charge on any atom is 0.268 e. The molecule has 1 atom stereocenters. The van der Waals surface area contributed by atoms with Crippen molar-refractivity contribution in [2.24, 2.45) is 7.05 Å². The van der Waals surface area contributed by atoms with Gasteiger partial charge in [0.2, 0.25) is 0 Å². The molecule has 0 bridgehead atoms. The lowest BCUT2D eigenvalue weighted by atomic mass is 10.1. The highest BCUT2D eigenvalue weighted by atomic mass is 35.5. The summed E-state index contributed by atoms with van der Waals surface area (Å²) in [5, 5.41) is 6.86. The van der Waals surface area contributed by atoms with E-state index in [-0.39, 0.29) is 11.9 Å². The van der Waals surface area contributed by atoms with Crippen LogP contribution in [-0.4, -0.2) is 34.2 Å². The van der Waals surface area contributed by atoms with Gasteiger partial charge in [0.25, 0.3) is 5.91 Å². The fraction of sp³-hybridized carbons (Fsp3) is 0.467. The molecule has 7 heteroatoms. The minimum absolute atomic E-state index is 0.00803. The van der Waals surface area contributed by atoms with Crippen molar-refractivity contribution in [2.75, 3.05) is 13.7 Å². The predicted molar refractivity (Wildman–Crippen MR) is 86.8 cm³/mol. The van der Waals surface area contributed by atoms with Crippen LogP contribution in [-0.2, 0) is 7.05 Å². The molecule has 2 aromatic rings. The fourth-order valence-electron chi connectivity index (χ4n) is 3.08. The molecular formula is C15H18ClN3O2S.